The zero-order chi connectivity index (χ0) is 22.1. The van der Waals surface area contributed by atoms with E-state index in [1.54, 1.807) is 31.3 Å². The molecule has 3 rings (SSSR count). The van der Waals surface area contributed by atoms with Gasteiger partial charge in [0.1, 0.15) is 11.9 Å². The Balaban J connectivity index is 1.96. The van der Waals surface area contributed by atoms with Crippen LogP contribution >= 0.6 is 0 Å². The van der Waals surface area contributed by atoms with Crippen LogP contribution in [-0.2, 0) is 6.18 Å². The minimum Gasteiger partial charge on any atom is -0.383 e. The molecule has 0 aliphatic rings. The molecule has 0 fully saturated rings. The zero-order valence-corrected chi connectivity index (χ0v) is 16.1. The first-order valence-corrected chi connectivity index (χ1v) is 8.86. The summed E-state index contributed by atoms with van der Waals surface area (Å²) in [6.07, 6.45) is -2.99. The largest absolute Gasteiger partial charge is 0.416 e. The predicted molar refractivity (Wildman–Crippen MR) is 108 cm³/mol. The van der Waals surface area contributed by atoms with E-state index in [-0.39, 0.29) is 16.9 Å². The first-order chi connectivity index (χ1) is 14.1. The molecule has 0 atom stereocenters. The summed E-state index contributed by atoms with van der Waals surface area (Å²) in [5.41, 5.74) is 8.32. The number of nitriles is 1. The molecule has 0 unspecified atom stereocenters. The number of aryl methyl sites for hydroxylation is 1. The molecule has 0 aliphatic carbocycles. The van der Waals surface area contributed by atoms with Crippen molar-refractivity contribution < 1.29 is 18.0 Å². The van der Waals surface area contributed by atoms with Crippen LogP contribution < -0.4 is 11.1 Å². The fraction of sp³-hybridized carbons (Fsp3) is 0.136. The van der Waals surface area contributed by atoms with Crippen LogP contribution in [0.25, 0.3) is 11.1 Å². The lowest BCUT2D eigenvalue weighted by Crippen LogP contribution is -2.14. The van der Waals surface area contributed by atoms with E-state index in [0.29, 0.717) is 16.8 Å². The van der Waals surface area contributed by atoms with Crippen molar-refractivity contribution in [3.05, 3.63) is 76.5 Å². The SMILES string of the molecule is Cc1ccc(NC(=O)c2cccc(C(F)(F)F)c2)cc1-c1cnc(N)c(C#N)c1C. The lowest BCUT2D eigenvalue weighted by Gasteiger charge is -2.14. The maximum Gasteiger partial charge on any atom is 0.416 e. The maximum absolute atomic E-state index is 12.9. The Kier molecular flexibility index (Phi) is 5.47. The summed E-state index contributed by atoms with van der Waals surface area (Å²) in [6, 6.07) is 11.3. The van der Waals surface area contributed by atoms with Gasteiger partial charge in [0.15, 0.2) is 0 Å². The van der Waals surface area contributed by atoms with Crippen LogP contribution in [0.15, 0.2) is 48.7 Å². The number of benzene rings is 2. The smallest absolute Gasteiger partial charge is 0.383 e. The number of nitrogen functional groups attached to an aromatic ring is 1. The summed E-state index contributed by atoms with van der Waals surface area (Å²) in [5.74, 6) is -0.536. The Morgan fingerprint density at radius 2 is 1.87 bits per heavy atom. The molecule has 5 nitrogen and oxygen atoms in total. The second kappa shape index (κ2) is 7.87. The number of nitrogens with zero attached hydrogens (tertiary/aromatic N) is 2. The lowest BCUT2D eigenvalue weighted by molar-refractivity contribution is -0.137. The van der Waals surface area contributed by atoms with Gasteiger partial charge in [-0.1, -0.05) is 12.1 Å². The Morgan fingerprint density at radius 3 is 2.53 bits per heavy atom. The van der Waals surface area contributed by atoms with Crippen molar-refractivity contribution in [1.82, 2.24) is 4.98 Å². The molecule has 3 aromatic rings. The maximum atomic E-state index is 12.9. The van der Waals surface area contributed by atoms with Crippen molar-refractivity contribution in [2.45, 2.75) is 20.0 Å². The summed E-state index contributed by atoms with van der Waals surface area (Å²) in [6.45, 7) is 3.61. The Hall–Kier alpha value is -3.86. The second-order valence-electron chi connectivity index (χ2n) is 6.73. The third-order valence-electron chi connectivity index (χ3n) is 4.72. The highest BCUT2D eigenvalue weighted by molar-refractivity contribution is 6.04. The molecular formula is C22H17F3N4O. The van der Waals surface area contributed by atoms with E-state index in [1.807, 2.05) is 13.0 Å². The normalized spacial score (nSPS) is 11.1. The highest BCUT2D eigenvalue weighted by atomic mass is 19.4. The minimum atomic E-state index is -4.54. The molecule has 1 aromatic heterocycles. The topological polar surface area (TPSA) is 91.8 Å². The highest BCUT2D eigenvalue weighted by Gasteiger charge is 2.30. The monoisotopic (exact) mass is 410 g/mol. The van der Waals surface area contributed by atoms with Gasteiger partial charge in [0.25, 0.3) is 5.91 Å². The van der Waals surface area contributed by atoms with Crippen LogP contribution in [0.3, 0.4) is 0 Å². The molecule has 0 spiro atoms. The van der Waals surface area contributed by atoms with Crippen LogP contribution in [0.4, 0.5) is 24.7 Å². The second-order valence-corrected chi connectivity index (χ2v) is 6.73. The summed E-state index contributed by atoms with van der Waals surface area (Å²) >= 11 is 0. The number of rotatable bonds is 3. The molecule has 3 N–H and O–H groups in total. The summed E-state index contributed by atoms with van der Waals surface area (Å²) < 4.78 is 38.7. The van der Waals surface area contributed by atoms with Crippen LogP contribution in [0.5, 0.6) is 0 Å². The van der Waals surface area contributed by atoms with E-state index in [9.17, 15) is 23.2 Å². The van der Waals surface area contributed by atoms with Gasteiger partial charge in [0.2, 0.25) is 0 Å². The fourth-order valence-corrected chi connectivity index (χ4v) is 3.06. The first-order valence-electron chi connectivity index (χ1n) is 8.86. The third-order valence-corrected chi connectivity index (χ3v) is 4.72. The van der Waals surface area contributed by atoms with Crippen molar-refractivity contribution in [1.29, 1.82) is 5.26 Å². The van der Waals surface area contributed by atoms with Gasteiger partial charge in [-0.2, -0.15) is 18.4 Å². The molecule has 0 radical (unpaired) electrons. The van der Waals surface area contributed by atoms with Crippen LogP contribution in [0.2, 0.25) is 0 Å². The number of halogens is 3. The number of hydrogen-bond donors (Lipinski definition) is 2. The van der Waals surface area contributed by atoms with Gasteiger partial charge < -0.3 is 11.1 Å². The number of anilines is 2. The number of aromatic nitrogens is 1. The number of hydrogen-bond acceptors (Lipinski definition) is 4. The van der Waals surface area contributed by atoms with Crippen molar-refractivity contribution >= 4 is 17.4 Å². The number of pyridine rings is 1. The molecule has 8 heteroatoms. The lowest BCUT2D eigenvalue weighted by atomic mass is 9.95. The minimum absolute atomic E-state index is 0.107. The van der Waals surface area contributed by atoms with E-state index in [0.717, 1.165) is 23.3 Å². The molecule has 30 heavy (non-hydrogen) atoms. The Morgan fingerprint density at radius 1 is 1.13 bits per heavy atom. The number of carbonyl (C=O) groups excluding carboxylic acids is 1. The number of nitrogens with one attached hydrogen (secondary N) is 1. The average molecular weight is 410 g/mol. The zero-order valence-electron chi connectivity index (χ0n) is 16.1. The molecular weight excluding hydrogens is 393 g/mol. The van der Waals surface area contributed by atoms with Gasteiger partial charge in [-0.05, 0) is 60.9 Å². The van der Waals surface area contributed by atoms with E-state index < -0.39 is 17.6 Å². The first kappa shape index (κ1) is 20.9. The van der Waals surface area contributed by atoms with Gasteiger partial charge in [-0.25, -0.2) is 4.98 Å². The van der Waals surface area contributed by atoms with Gasteiger partial charge in [0.05, 0.1) is 11.1 Å². The van der Waals surface area contributed by atoms with Crippen molar-refractivity contribution in [2.75, 3.05) is 11.1 Å². The van der Waals surface area contributed by atoms with Crippen molar-refractivity contribution in [2.24, 2.45) is 0 Å². The highest BCUT2D eigenvalue weighted by Crippen LogP contribution is 2.32. The van der Waals surface area contributed by atoms with Gasteiger partial charge in [-0.3, -0.25) is 4.79 Å². The quantitative estimate of drug-likeness (QED) is 0.629. The van der Waals surface area contributed by atoms with Crippen molar-refractivity contribution in [3.63, 3.8) is 0 Å². The number of nitrogens with two attached hydrogens (primary N) is 1. The molecule has 0 saturated heterocycles. The number of alkyl halides is 3. The summed E-state index contributed by atoms with van der Waals surface area (Å²) in [4.78, 5) is 16.5. The van der Waals surface area contributed by atoms with Crippen LogP contribution in [-0.4, -0.2) is 10.9 Å². The standard InChI is InChI=1S/C22H17F3N4O/c1-12-6-7-16(9-17(12)19-11-28-20(27)18(10-26)13(19)2)29-21(30)14-4-3-5-15(8-14)22(23,24)25/h3-9,11H,1-2H3,(H2,27,28)(H,29,30). The molecule has 1 heterocycles. The van der Waals surface area contributed by atoms with Gasteiger partial charge >= 0.3 is 6.18 Å². The Bertz CT molecular complexity index is 1180. The fourth-order valence-electron chi connectivity index (χ4n) is 3.06. The summed E-state index contributed by atoms with van der Waals surface area (Å²) in [7, 11) is 0. The van der Waals surface area contributed by atoms with Gasteiger partial charge in [-0.15, -0.1) is 0 Å². The van der Waals surface area contributed by atoms with Crippen molar-refractivity contribution in [3.8, 4) is 17.2 Å². The molecule has 0 aliphatic heterocycles. The van der Waals surface area contributed by atoms with E-state index in [1.165, 1.54) is 12.1 Å². The Labute approximate surface area is 171 Å². The van der Waals surface area contributed by atoms with E-state index in [4.69, 9.17) is 5.73 Å². The van der Waals surface area contributed by atoms with Gasteiger partial charge in [0, 0.05) is 23.0 Å². The summed E-state index contributed by atoms with van der Waals surface area (Å²) in [5, 5.41) is 11.9. The molecule has 2 aromatic carbocycles. The molecule has 152 valence electrons. The van der Waals surface area contributed by atoms with E-state index in [2.05, 4.69) is 10.3 Å². The van der Waals surface area contributed by atoms with Crippen LogP contribution in [0.1, 0.15) is 32.6 Å². The predicted octanol–water partition coefficient (Wildman–Crippen LogP) is 5.09. The number of carbonyl (C=O) groups is 1. The third kappa shape index (κ3) is 4.10. The van der Waals surface area contributed by atoms with Crippen LogP contribution in [0, 0.1) is 25.2 Å². The molecule has 0 saturated carbocycles. The molecule has 1 amide bonds. The number of amides is 1. The van der Waals surface area contributed by atoms with E-state index >= 15 is 0 Å². The molecule has 0 bridgehead atoms. The average Bonchev–Trinajstić information content (AvgIpc) is 2.70.